The molecular weight excluding hydrogens is 439 g/mol. The number of ether oxygens (including phenoxy) is 4. The van der Waals surface area contributed by atoms with Gasteiger partial charge in [-0.3, -0.25) is 0 Å². The van der Waals surface area contributed by atoms with Crippen LogP contribution in [0.1, 0.15) is 52.4 Å². The third kappa shape index (κ3) is 4.13. The predicted octanol–water partition coefficient (Wildman–Crippen LogP) is 0.264. The molecule has 2 saturated heterocycles. The van der Waals surface area contributed by atoms with E-state index in [1.807, 2.05) is 0 Å². The van der Waals surface area contributed by atoms with Gasteiger partial charge in [-0.05, 0) is 0 Å². The van der Waals surface area contributed by atoms with Crippen molar-refractivity contribution in [3.63, 3.8) is 0 Å². The van der Waals surface area contributed by atoms with Gasteiger partial charge < -0.3 is 0 Å². The summed E-state index contributed by atoms with van der Waals surface area (Å²) >= 11 is -1.37. The minimum absolute atomic E-state index is 0.0826. The van der Waals surface area contributed by atoms with E-state index in [2.05, 4.69) is 13.8 Å². The number of carbonyl (C=O) groups is 2. The summed E-state index contributed by atoms with van der Waals surface area (Å²) in [7, 11) is 0. The van der Waals surface area contributed by atoms with Crippen molar-refractivity contribution >= 4 is 7.95 Å². The Morgan fingerprint density at radius 2 is 1.36 bits per heavy atom. The molecule has 0 bridgehead atoms. The van der Waals surface area contributed by atoms with E-state index in [0.29, 0.717) is 37.3 Å². The second kappa shape index (κ2) is 6.64. The Morgan fingerprint density at radius 3 is 1.76 bits per heavy atom. The molecule has 6 atom stereocenters. The van der Waals surface area contributed by atoms with E-state index in [4.69, 9.17) is 18.9 Å². The van der Waals surface area contributed by atoms with E-state index < -0.39 is 21.2 Å². The molecule has 0 radical (unpaired) electrons. The van der Waals surface area contributed by atoms with Crippen LogP contribution in [0.15, 0.2) is 0 Å². The monoisotopic (exact) mass is 465 g/mol. The third-order valence-electron chi connectivity index (χ3n) is 6.28. The first-order valence-electron chi connectivity index (χ1n) is 9.20. The number of halogens is 1. The number of rotatable bonds is 6. The Morgan fingerprint density at radius 1 is 0.920 bits per heavy atom. The van der Waals surface area contributed by atoms with Gasteiger partial charge in [-0.25, -0.2) is 0 Å². The van der Waals surface area contributed by atoms with Crippen LogP contribution in [0.25, 0.3) is 0 Å². The zero-order valence-corrected chi connectivity index (χ0v) is 17.0. The summed E-state index contributed by atoms with van der Waals surface area (Å²) in [6, 6.07) is 0. The molecule has 0 aromatic rings. The number of fused-ring (bicyclic) bond motifs is 2. The Labute approximate surface area is 158 Å². The van der Waals surface area contributed by atoms with Crippen molar-refractivity contribution in [2.45, 2.75) is 75.8 Å². The summed E-state index contributed by atoms with van der Waals surface area (Å²) in [6.07, 6.45) is 6.67. The number of carbonyl (C=O) groups excluding carboxylic acids is 2. The quantitative estimate of drug-likeness (QED) is 0.319. The molecule has 2 heterocycles. The van der Waals surface area contributed by atoms with Gasteiger partial charge in [0.15, 0.2) is 0 Å². The van der Waals surface area contributed by atoms with Gasteiger partial charge in [-0.1, -0.05) is 0 Å². The van der Waals surface area contributed by atoms with Crippen LogP contribution in [0.5, 0.6) is 0 Å². The van der Waals surface area contributed by atoms with Crippen molar-refractivity contribution < 1.29 is 49.7 Å². The van der Waals surface area contributed by atoms with Gasteiger partial charge in [0.1, 0.15) is 0 Å². The van der Waals surface area contributed by atoms with Gasteiger partial charge in [0.2, 0.25) is 0 Å². The topological polar surface area (TPSA) is 77.7 Å². The van der Waals surface area contributed by atoms with E-state index >= 15 is 0 Å². The predicted molar refractivity (Wildman–Crippen MR) is 83.9 cm³/mol. The van der Waals surface area contributed by atoms with Crippen molar-refractivity contribution in [2.75, 3.05) is 13.2 Å². The molecular formula is C18H26IO6-. The normalized spacial score (nSPS) is 44.4. The fourth-order valence-electron chi connectivity index (χ4n) is 4.23. The van der Waals surface area contributed by atoms with Crippen molar-refractivity contribution in [1.29, 1.82) is 0 Å². The molecule has 25 heavy (non-hydrogen) atoms. The van der Waals surface area contributed by atoms with E-state index in [1.54, 1.807) is 0 Å². The molecule has 0 N–H and O–H groups in total. The van der Waals surface area contributed by atoms with E-state index in [-0.39, 0.29) is 19.2 Å². The standard InChI is InChI=1S/C18H26IO6/c1-17-5-3-11(7-13(17)24-17)9-22-15(20)19-16(21)23-10-12-4-6-18(2)14(8-12)25-18/h11-14H,3-10H2,1-2H3/q-1. The van der Waals surface area contributed by atoms with Gasteiger partial charge >= 0.3 is 159 Å². The molecule has 6 nitrogen and oxygen atoms in total. The molecule has 2 saturated carbocycles. The van der Waals surface area contributed by atoms with Crippen LogP contribution in [0, 0.1) is 11.8 Å². The molecule has 4 aliphatic rings. The fourth-order valence-corrected chi connectivity index (χ4v) is 5.26. The minimum atomic E-state index is -1.37. The van der Waals surface area contributed by atoms with Crippen molar-refractivity contribution in [3.05, 3.63) is 0 Å². The summed E-state index contributed by atoms with van der Waals surface area (Å²) in [5.74, 6) is 0.722. The first-order chi connectivity index (χ1) is 11.9. The van der Waals surface area contributed by atoms with Crippen LogP contribution >= 0.6 is 0 Å². The van der Waals surface area contributed by atoms with Gasteiger partial charge in [0, 0.05) is 0 Å². The van der Waals surface area contributed by atoms with Crippen LogP contribution in [0.2, 0.25) is 0 Å². The summed E-state index contributed by atoms with van der Waals surface area (Å²) in [5, 5.41) is 0. The molecule has 0 aromatic heterocycles. The van der Waals surface area contributed by atoms with Crippen molar-refractivity contribution in [2.24, 2.45) is 11.8 Å². The summed E-state index contributed by atoms with van der Waals surface area (Å²) in [5.41, 5.74) is 0.165. The molecule has 6 unspecified atom stereocenters. The van der Waals surface area contributed by atoms with E-state index in [9.17, 15) is 9.59 Å². The van der Waals surface area contributed by atoms with Gasteiger partial charge in [0.25, 0.3) is 0 Å². The Hall–Kier alpha value is -0.410. The number of epoxide rings is 2. The van der Waals surface area contributed by atoms with Gasteiger partial charge in [0.05, 0.1) is 0 Å². The maximum absolute atomic E-state index is 11.9. The van der Waals surface area contributed by atoms with Crippen molar-refractivity contribution in [3.8, 4) is 0 Å². The molecule has 2 aliphatic heterocycles. The molecule has 7 heteroatoms. The molecule has 4 fully saturated rings. The summed E-state index contributed by atoms with van der Waals surface area (Å²) in [6.45, 7) is 5.09. The van der Waals surface area contributed by atoms with Crippen LogP contribution in [-0.4, -0.2) is 44.6 Å². The van der Waals surface area contributed by atoms with Crippen LogP contribution in [0.3, 0.4) is 0 Å². The molecule has 0 amide bonds. The second-order valence-corrected chi connectivity index (χ2v) is 10.6. The first-order valence-corrected chi connectivity index (χ1v) is 11.4. The van der Waals surface area contributed by atoms with E-state index in [0.717, 1.165) is 38.5 Å². The average Bonchev–Trinajstić information content (AvgIpc) is 3.43. The van der Waals surface area contributed by atoms with Crippen LogP contribution in [0.4, 0.5) is 9.59 Å². The zero-order valence-electron chi connectivity index (χ0n) is 14.8. The Kier molecular flexibility index (Phi) is 4.77. The van der Waals surface area contributed by atoms with E-state index in [1.165, 1.54) is 0 Å². The van der Waals surface area contributed by atoms with Gasteiger partial charge in [-0.2, -0.15) is 0 Å². The molecule has 4 rings (SSSR count). The van der Waals surface area contributed by atoms with Crippen molar-refractivity contribution in [1.82, 2.24) is 0 Å². The van der Waals surface area contributed by atoms with Gasteiger partial charge in [-0.15, -0.1) is 0 Å². The maximum atomic E-state index is 11.9. The summed E-state index contributed by atoms with van der Waals surface area (Å²) < 4.78 is 21.2. The molecule has 2 aliphatic carbocycles. The summed E-state index contributed by atoms with van der Waals surface area (Å²) in [4.78, 5) is 23.8. The third-order valence-corrected chi connectivity index (χ3v) is 7.79. The molecule has 142 valence electrons. The van der Waals surface area contributed by atoms with Crippen LogP contribution < -0.4 is 21.2 Å². The second-order valence-electron chi connectivity index (χ2n) is 8.31. The van der Waals surface area contributed by atoms with Crippen LogP contribution in [-0.2, 0) is 18.9 Å². The Balaban J connectivity index is 1.09. The Bertz CT molecular complexity index is 520. The number of hydrogen-bond acceptors (Lipinski definition) is 6. The first kappa shape index (κ1) is 18.0. The average molecular weight is 465 g/mol. The fraction of sp³-hybridized carbons (Fsp3) is 0.889. The number of hydrogen-bond donors (Lipinski definition) is 0. The molecule has 0 spiro atoms. The molecule has 0 aromatic carbocycles. The SMILES string of the molecule is CC12CCC(COC(=O)[I-]C(=O)OCC3CCC4(C)OC4C3)CC1O2. The zero-order chi connectivity index (χ0) is 17.7.